The molecular weight excluding hydrogens is 313 g/mol. The first kappa shape index (κ1) is 14.6. The van der Waals surface area contributed by atoms with Gasteiger partial charge in [-0.15, -0.1) is 0 Å². The Kier molecular flexibility index (Phi) is 5.05. The monoisotopic (exact) mass is 325 g/mol. The molecule has 0 heterocycles. The van der Waals surface area contributed by atoms with Gasteiger partial charge in [0.15, 0.2) is 0 Å². The molecule has 0 spiro atoms. The fourth-order valence-electron chi connectivity index (χ4n) is 1.35. The SMILES string of the molecule is COCC(Br)Cc1ccc(S(N)(=O)=O)cc1F. The zero-order valence-corrected chi connectivity index (χ0v) is 11.6. The van der Waals surface area contributed by atoms with Crippen LogP contribution < -0.4 is 5.14 Å². The van der Waals surface area contributed by atoms with Gasteiger partial charge >= 0.3 is 0 Å². The summed E-state index contributed by atoms with van der Waals surface area (Å²) in [4.78, 5) is -0.251. The molecule has 0 bridgehead atoms. The summed E-state index contributed by atoms with van der Waals surface area (Å²) < 4.78 is 40.5. The van der Waals surface area contributed by atoms with E-state index in [-0.39, 0.29) is 9.72 Å². The third-order valence-corrected chi connectivity index (χ3v) is 3.64. The van der Waals surface area contributed by atoms with Crippen LogP contribution in [0.2, 0.25) is 0 Å². The predicted octanol–water partition coefficient (Wildman–Crippen LogP) is 1.43. The molecule has 0 saturated carbocycles. The van der Waals surface area contributed by atoms with Crippen molar-refractivity contribution in [1.29, 1.82) is 0 Å². The number of primary sulfonamides is 1. The van der Waals surface area contributed by atoms with Gasteiger partial charge < -0.3 is 4.74 Å². The molecule has 17 heavy (non-hydrogen) atoms. The van der Waals surface area contributed by atoms with Crippen molar-refractivity contribution in [2.24, 2.45) is 5.14 Å². The summed E-state index contributed by atoms with van der Waals surface area (Å²) in [6, 6.07) is 3.64. The van der Waals surface area contributed by atoms with E-state index in [9.17, 15) is 12.8 Å². The maximum absolute atomic E-state index is 13.6. The number of methoxy groups -OCH3 is 1. The Morgan fingerprint density at radius 2 is 2.18 bits per heavy atom. The fraction of sp³-hybridized carbons (Fsp3) is 0.400. The second-order valence-electron chi connectivity index (χ2n) is 3.55. The van der Waals surface area contributed by atoms with E-state index in [1.54, 1.807) is 7.11 Å². The Balaban J connectivity index is 2.91. The van der Waals surface area contributed by atoms with Gasteiger partial charge in [0.2, 0.25) is 10.0 Å². The molecule has 96 valence electrons. The lowest BCUT2D eigenvalue weighted by Gasteiger charge is -2.10. The van der Waals surface area contributed by atoms with Crippen molar-refractivity contribution in [3.05, 3.63) is 29.6 Å². The molecule has 0 aliphatic carbocycles. The Morgan fingerprint density at radius 1 is 1.53 bits per heavy atom. The van der Waals surface area contributed by atoms with E-state index in [0.717, 1.165) is 6.07 Å². The molecule has 0 aliphatic rings. The van der Waals surface area contributed by atoms with E-state index in [2.05, 4.69) is 15.9 Å². The van der Waals surface area contributed by atoms with E-state index >= 15 is 0 Å². The molecule has 0 amide bonds. The number of rotatable bonds is 5. The van der Waals surface area contributed by atoms with Crippen molar-refractivity contribution in [1.82, 2.24) is 0 Å². The van der Waals surface area contributed by atoms with Crippen LogP contribution in [0.3, 0.4) is 0 Å². The van der Waals surface area contributed by atoms with Gasteiger partial charge in [0.05, 0.1) is 11.5 Å². The zero-order chi connectivity index (χ0) is 13.1. The highest BCUT2D eigenvalue weighted by Crippen LogP contribution is 2.17. The Morgan fingerprint density at radius 3 is 2.65 bits per heavy atom. The quantitative estimate of drug-likeness (QED) is 0.832. The van der Waals surface area contributed by atoms with E-state index in [4.69, 9.17) is 9.88 Å². The molecular formula is C10H13BrFNO3S. The van der Waals surface area contributed by atoms with Gasteiger partial charge in [-0.2, -0.15) is 0 Å². The zero-order valence-electron chi connectivity index (χ0n) is 9.19. The normalized spacial score (nSPS) is 13.6. The highest BCUT2D eigenvalue weighted by atomic mass is 79.9. The summed E-state index contributed by atoms with van der Waals surface area (Å²) in [5, 5.41) is 4.90. The highest BCUT2D eigenvalue weighted by molar-refractivity contribution is 9.09. The maximum Gasteiger partial charge on any atom is 0.238 e. The smallest absolute Gasteiger partial charge is 0.238 e. The third-order valence-electron chi connectivity index (χ3n) is 2.14. The van der Waals surface area contributed by atoms with Crippen molar-refractivity contribution in [2.45, 2.75) is 16.1 Å². The number of alkyl halides is 1. The van der Waals surface area contributed by atoms with Gasteiger partial charge in [-0.1, -0.05) is 22.0 Å². The lowest BCUT2D eigenvalue weighted by atomic mass is 10.1. The molecule has 2 N–H and O–H groups in total. The van der Waals surface area contributed by atoms with E-state index in [1.165, 1.54) is 12.1 Å². The number of benzene rings is 1. The van der Waals surface area contributed by atoms with Crippen LogP contribution in [0.25, 0.3) is 0 Å². The van der Waals surface area contributed by atoms with Crippen molar-refractivity contribution >= 4 is 26.0 Å². The minimum absolute atomic E-state index is 0.0256. The van der Waals surface area contributed by atoms with Crippen LogP contribution in [0.5, 0.6) is 0 Å². The van der Waals surface area contributed by atoms with Crippen LogP contribution in [0, 0.1) is 5.82 Å². The summed E-state index contributed by atoms with van der Waals surface area (Å²) in [5.74, 6) is -0.586. The first-order chi connectivity index (χ1) is 7.84. The summed E-state index contributed by atoms with van der Waals surface area (Å²) in [7, 11) is -2.31. The first-order valence-electron chi connectivity index (χ1n) is 4.79. The van der Waals surface area contributed by atoms with Crippen LogP contribution in [0.4, 0.5) is 4.39 Å². The number of sulfonamides is 1. The van der Waals surface area contributed by atoms with Gasteiger partial charge in [0.1, 0.15) is 5.82 Å². The topological polar surface area (TPSA) is 69.4 Å². The molecule has 7 heteroatoms. The first-order valence-corrected chi connectivity index (χ1v) is 7.25. The van der Waals surface area contributed by atoms with Crippen LogP contribution in [0.1, 0.15) is 5.56 Å². The van der Waals surface area contributed by atoms with Crippen molar-refractivity contribution in [3.63, 3.8) is 0 Å². The molecule has 0 radical (unpaired) electrons. The number of hydrogen-bond acceptors (Lipinski definition) is 3. The second kappa shape index (κ2) is 5.90. The minimum Gasteiger partial charge on any atom is -0.384 e. The number of nitrogens with two attached hydrogens (primary N) is 1. The Hall–Kier alpha value is -0.500. The average Bonchev–Trinajstić information content (AvgIpc) is 2.20. The molecule has 1 unspecified atom stereocenters. The van der Waals surface area contributed by atoms with Crippen LogP contribution in [-0.4, -0.2) is 27.0 Å². The third kappa shape index (κ3) is 4.34. The van der Waals surface area contributed by atoms with E-state index in [1.807, 2.05) is 0 Å². The van der Waals surface area contributed by atoms with Crippen molar-refractivity contribution in [3.8, 4) is 0 Å². The van der Waals surface area contributed by atoms with Gasteiger partial charge in [-0.3, -0.25) is 0 Å². The predicted molar refractivity (Wildman–Crippen MR) is 66.1 cm³/mol. The fourth-order valence-corrected chi connectivity index (χ4v) is 2.49. The van der Waals surface area contributed by atoms with Crippen molar-refractivity contribution in [2.75, 3.05) is 13.7 Å². The summed E-state index contributed by atoms with van der Waals surface area (Å²) in [6.07, 6.45) is 0.407. The highest BCUT2D eigenvalue weighted by Gasteiger charge is 2.13. The molecule has 1 aromatic carbocycles. The standard InChI is InChI=1S/C10H13BrFNO3S/c1-16-6-8(11)4-7-2-3-9(5-10(7)12)17(13,14)15/h2-3,5,8H,4,6H2,1H3,(H2,13,14,15). The average molecular weight is 326 g/mol. The van der Waals surface area contributed by atoms with Crippen LogP contribution in [0.15, 0.2) is 23.1 Å². The van der Waals surface area contributed by atoms with Gasteiger partial charge in [0.25, 0.3) is 0 Å². The van der Waals surface area contributed by atoms with Crippen LogP contribution in [-0.2, 0) is 21.2 Å². The van der Waals surface area contributed by atoms with Gasteiger partial charge in [0, 0.05) is 11.9 Å². The molecule has 4 nitrogen and oxygen atoms in total. The lowest BCUT2D eigenvalue weighted by molar-refractivity contribution is 0.200. The van der Waals surface area contributed by atoms with E-state index in [0.29, 0.717) is 18.6 Å². The molecule has 1 aromatic rings. The van der Waals surface area contributed by atoms with Crippen molar-refractivity contribution < 1.29 is 17.5 Å². The van der Waals surface area contributed by atoms with Gasteiger partial charge in [-0.25, -0.2) is 17.9 Å². The summed E-state index contributed by atoms with van der Waals surface area (Å²) >= 11 is 3.33. The molecule has 0 aliphatic heterocycles. The van der Waals surface area contributed by atoms with Crippen LogP contribution >= 0.6 is 15.9 Å². The molecule has 0 aromatic heterocycles. The summed E-state index contributed by atoms with van der Waals surface area (Å²) in [5.41, 5.74) is 0.413. The maximum atomic E-state index is 13.6. The Labute approximate surface area is 108 Å². The molecule has 1 atom stereocenters. The lowest BCUT2D eigenvalue weighted by Crippen LogP contribution is -2.14. The second-order valence-corrected chi connectivity index (χ2v) is 6.41. The largest absolute Gasteiger partial charge is 0.384 e. The van der Waals surface area contributed by atoms with E-state index < -0.39 is 15.8 Å². The van der Waals surface area contributed by atoms with Gasteiger partial charge in [-0.05, 0) is 24.1 Å². The summed E-state index contributed by atoms with van der Waals surface area (Å²) in [6.45, 7) is 0.441. The molecule has 0 fully saturated rings. The number of ether oxygens (including phenoxy) is 1. The number of hydrogen-bond donors (Lipinski definition) is 1. The molecule has 1 rings (SSSR count). The molecule has 0 saturated heterocycles. The Bertz CT molecular complexity index is 492. The minimum atomic E-state index is -3.86. The number of halogens is 2.